The zero-order chi connectivity index (χ0) is 18.6. The van der Waals surface area contributed by atoms with Crippen LogP contribution in [-0.4, -0.2) is 25.0 Å². The van der Waals surface area contributed by atoms with Gasteiger partial charge in [0, 0.05) is 5.56 Å². The quantitative estimate of drug-likeness (QED) is 0.525. The van der Waals surface area contributed by atoms with E-state index < -0.39 is 0 Å². The number of rotatable bonds is 5. The molecule has 0 fully saturated rings. The lowest BCUT2D eigenvalue weighted by atomic mass is 10.1. The number of benzene rings is 1. The number of nitriles is 1. The second-order valence-electron chi connectivity index (χ2n) is 5.81. The Bertz CT molecular complexity index is 1080. The van der Waals surface area contributed by atoms with E-state index in [1.54, 1.807) is 18.4 Å². The van der Waals surface area contributed by atoms with Crippen LogP contribution in [0.1, 0.15) is 17.0 Å². The van der Waals surface area contributed by atoms with E-state index in [0.29, 0.717) is 16.7 Å². The summed E-state index contributed by atoms with van der Waals surface area (Å²) in [5.74, 6) is 1.55. The van der Waals surface area contributed by atoms with Crippen LogP contribution in [-0.2, 0) is 6.54 Å². The molecule has 0 bridgehead atoms. The van der Waals surface area contributed by atoms with Crippen molar-refractivity contribution in [3.8, 4) is 17.5 Å². The molecule has 27 heavy (non-hydrogen) atoms. The first kappa shape index (κ1) is 17.0. The molecule has 0 spiro atoms. The van der Waals surface area contributed by atoms with Gasteiger partial charge in [-0.2, -0.15) is 5.26 Å². The molecule has 0 aliphatic heterocycles. The molecule has 3 aromatic heterocycles. The first-order chi connectivity index (χ1) is 13.2. The zero-order valence-electron chi connectivity index (χ0n) is 14.4. The van der Waals surface area contributed by atoms with Crippen molar-refractivity contribution in [3.05, 3.63) is 71.8 Å². The van der Waals surface area contributed by atoms with Gasteiger partial charge >= 0.3 is 0 Å². The average Bonchev–Trinajstić information content (AvgIpc) is 3.34. The Morgan fingerprint density at radius 1 is 1.04 bits per heavy atom. The van der Waals surface area contributed by atoms with Crippen molar-refractivity contribution in [2.24, 2.45) is 0 Å². The number of nitrogens with zero attached hydrogens (tertiary/aromatic N) is 6. The summed E-state index contributed by atoms with van der Waals surface area (Å²) in [6, 6.07) is 17.2. The Kier molecular flexibility index (Phi) is 4.68. The Balaban J connectivity index is 1.71. The summed E-state index contributed by atoms with van der Waals surface area (Å²) in [4.78, 5) is 0. The molecule has 0 unspecified atom stereocenters. The number of hydrogen-bond acceptors (Lipinski definition) is 7. The number of aryl methyl sites for hydroxylation is 1. The van der Waals surface area contributed by atoms with Crippen LogP contribution >= 0.6 is 11.8 Å². The second kappa shape index (κ2) is 7.43. The van der Waals surface area contributed by atoms with E-state index in [0.717, 1.165) is 17.1 Å². The van der Waals surface area contributed by atoms with Crippen LogP contribution in [0.15, 0.2) is 69.4 Å². The fourth-order valence-electron chi connectivity index (χ4n) is 2.51. The minimum atomic E-state index is 0.275. The van der Waals surface area contributed by atoms with E-state index in [1.807, 2.05) is 54.0 Å². The number of furan rings is 1. The predicted octanol–water partition coefficient (Wildman–Crippen LogP) is 3.71. The Labute approximate surface area is 159 Å². The average molecular weight is 374 g/mol. The van der Waals surface area contributed by atoms with Gasteiger partial charge < -0.3 is 4.42 Å². The maximum atomic E-state index is 8.86. The van der Waals surface area contributed by atoms with Gasteiger partial charge in [0.05, 0.1) is 12.8 Å². The molecule has 132 valence electrons. The van der Waals surface area contributed by atoms with Crippen molar-refractivity contribution in [2.75, 3.05) is 0 Å². The highest BCUT2D eigenvalue weighted by molar-refractivity contribution is 7.99. The Morgan fingerprint density at radius 3 is 2.56 bits per heavy atom. The lowest BCUT2D eigenvalue weighted by Gasteiger charge is -2.08. The molecular formula is C19H14N6OS. The lowest BCUT2D eigenvalue weighted by Crippen LogP contribution is -2.03. The first-order valence-electron chi connectivity index (χ1n) is 8.17. The molecule has 1 aromatic carbocycles. The molecule has 0 aliphatic carbocycles. The van der Waals surface area contributed by atoms with Gasteiger partial charge in [0.2, 0.25) is 0 Å². The summed E-state index contributed by atoms with van der Waals surface area (Å²) in [5, 5.41) is 26.8. The van der Waals surface area contributed by atoms with Crippen LogP contribution in [0, 0.1) is 18.3 Å². The van der Waals surface area contributed by atoms with Crippen LogP contribution in [0.2, 0.25) is 0 Å². The summed E-state index contributed by atoms with van der Waals surface area (Å²) in [6.45, 7) is 2.54. The second-order valence-corrected chi connectivity index (χ2v) is 6.80. The smallest absolute Gasteiger partial charge is 0.198 e. The normalized spacial score (nSPS) is 10.7. The van der Waals surface area contributed by atoms with Gasteiger partial charge in [-0.3, -0.25) is 4.57 Å². The van der Waals surface area contributed by atoms with Gasteiger partial charge in [-0.1, -0.05) is 29.8 Å². The van der Waals surface area contributed by atoms with Gasteiger partial charge in [0.25, 0.3) is 0 Å². The molecule has 0 radical (unpaired) electrons. The fraction of sp³-hybridized carbons (Fsp3) is 0.105. The van der Waals surface area contributed by atoms with E-state index >= 15 is 0 Å². The van der Waals surface area contributed by atoms with E-state index in [1.165, 1.54) is 17.3 Å². The van der Waals surface area contributed by atoms with Gasteiger partial charge in [-0.05, 0) is 43.0 Å². The SMILES string of the molecule is Cc1ccc(-c2nnc(Sc3ccc(C#N)nn3)n2Cc2ccco2)cc1. The molecule has 3 heterocycles. The summed E-state index contributed by atoms with van der Waals surface area (Å²) in [6.07, 6.45) is 1.64. The van der Waals surface area contributed by atoms with Crippen molar-refractivity contribution >= 4 is 11.8 Å². The first-order valence-corrected chi connectivity index (χ1v) is 8.99. The molecule has 8 heteroatoms. The fourth-order valence-corrected chi connectivity index (χ4v) is 3.26. The molecule has 0 N–H and O–H groups in total. The van der Waals surface area contributed by atoms with Crippen LogP contribution in [0.4, 0.5) is 0 Å². The lowest BCUT2D eigenvalue weighted by molar-refractivity contribution is 0.485. The van der Waals surface area contributed by atoms with Crippen molar-refractivity contribution in [3.63, 3.8) is 0 Å². The van der Waals surface area contributed by atoms with Crippen LogP contribution in [0.3, 0.4) is 0 Å². The topological polar surface area (TPSA) is 93.4 Å². The molecule has 4 rings (SSSR count). The van der Waals surface area contributed by atoms with Crippen LogP contribution in [0.25, 0.3) is 11.4 Å². The van der Waals surface area contributed by atoms with Crippen molar-refractivity contribution in [1.29, 1.82) is 5.26 Å². The summed E-state index contributed by atoms with van der Waals surface area (Å²) < 4.78 is 7.48. The highest BCUT2D eigenvalue weighted by Gasteiger charge is 2.17. The Morgan fingerprint density at radius 2 is 1.89 bits per heavy atom. The largest absolute Gasteiger partial charge is 0.467 e. The standard InChI is InChI=1S/C19H14N6OS/c1-13-4-6-14(7-5-13)18-23-24-19(25(18)12-16-3-2-10-26-16)27-17-9-8-15(11-20)21-22-17/h2-10H,12H2,1H3. The summed E-state index contributed by atoms with van der Waals surface area (Å²) >= 11 is 1.34. The third-order valence-electron chi connectivity index (χ3n) is 3.87. The maximum absolute atomic E-state index is 8.86. The van der Waals surface area contributed by atoms with Gasteiger partial charge in [0.1, 0.15) is 16.9 Å². The molecule has 0 atom stereocenters. The van der Waals surface area contributed by atoms with Crippen molar-refractivity contribution in [2.45, 2.75) is 23.7 Å². The van der Waals surface area contributed by atoms with Gasteiger partial charge in [-0.15, -0.1) is 20.4 Å². The predicted molar refractivity (Wildman–Crippen MR) is 98.9 cm³/mol. The summed E-state index contributed by atoms with van der Waals surface area (Å²) in [5.41, 5.74) is 2.42. The number of hydrogen-bond donors (Lipinski definition) is 0. The highest BCUT2D eigenvalue weighted by Crippen LogP contribution is 2.29. The van der Waals surface area contributed by atoms with Crippen molar-refractivity contribution in [1.82, 2.24) is 25.0 Å². The molecule has 0 aliphatic rings. The maximum Gasteiger partial charge on any atom is 0.198 e. The Hall–Kier alpha value is -3.44. The molecule has 0 saturated heterocycles. The van der Waals surface area contributed by atoms with E-state index in [-0.39, 0.29) is 5.69 Å². The van der Waals surface area contributed by atoms with Gasteiger partial charge in [0.15, 0.2) is 16.7 Å². The van der Waals surface area contributed by atoms with Crippen LogP contribution in [0.5, 0.6) is 0 Å². The van der Waals surface area contributed by atoms with Crippen LogP contribution < -0.4 is 0 Å². The minimum Gasteiger partial charge on any atom is -0.467 e. The highest BCUT2D eigenvalue weighted by atomic mass is 32.2. The summed E-state index contributed by atoms with van der Waals surface area (Å²) in [7, 11) is 0. The number of aromatic nitrogens is 5. The van der Waals surface area contributed by atoms with E-state index in [9.17, 15) is 0 Å². The zero-order valence-corrected chi connectivity index (χ0v) is 15.2. The third-order valence-corrected chi connectivity index (χ3v) is 4.78. The minimum absolute atomic E-state index is 0.275. The van der Waals surface area contributed by atoms with Gasteiger partial charge in [-0.25, -0.2) is 0 Å². The molecule has 0 saturated carbocycles. The molecule has 4 aromatic rings. The van der Waals surface area contributed by atoms with E-state index in [4.69, 9.17) is 9.68 Å². The third kappa shape index (κ3) is 3.73. The molecule has 0 amide bonds. The van der Waals surface area contributed by atoms with Crippen molar-refractivity contribution < 1.29 is 4.42 Å². The van der Waals surface area contributed by atoms with E-state index in [2.05, 4.69) is 20.4 Å². The molecule has 7 nitrogen and oxygen atoms in total. The monoisotopic (exact) mass is 374 g/mol. The molecular weight excluding hydrogens is 360 g/mol.